The van der Waals surface area contributed by atoms with Gasteiger partial charge in [0.1, 0.15) is 6.61 Å². The second-order valence-corrected chi connectivity index (χ2v) is 3.75. The summed E-state index contributed by atoms with van der Waals surface area (Å²) < 4.78 is 49.3. The first-order valence-electron chi connectivity index (χ1n) is 5.51. The van der Waals surface area contributed by atoms with Crippen LogP contribution in [0.5, 0.6) is 0 Å². The van der Waals surface area contributed by atoms with Gasteiger partial charge in [0, 0.05) is 5.56 Å². The molecule has 1 amide bonds. The van der Waals surface area contributed by atoms with Crippen LogP contribution in [0.2, 0.25) is 0 Å². The zero-order chi connectivity index (χ0) is 15.2. The lowest BCUT2D eigenvalue weighted by atomic mass is 10.1. The average Bonchev–Trinajstić information content (AvgIpc) is 2.42. The number of nitrogens with one attached hydrogen (secondary N) is 1. The van der Waals surface area contributed by atoms with Crippen molar-refractivity contribution in [3.63, 3.8) is 0 Å². The molecule has 108 valence electrons. The Balaban J connectivity index is 2.83. The minimum absolute atomic E-state index is 0.0292. The van der Waals surface area contributed by atoms with Gasteiger partial charge in [-0.05, 0) is 12.1 Å². The minimum Gasteiger partial charge on any atom is -0.384 e. The van der Waals surface area contributed by atoms with E-state index in [1.807, 2.05) is 0 Å². The molecule has 0 saturated heterocycles. The number of hydrogen-bond acceptors (Lipinski definition) is 2. The van der Waals surface area contributed by atoms with E-state index in [1.54, 1.807) is 11.4 Å². The maximum Gasteiger partial charge on any atom is 0.324 e. The van der Waals surface area contributed by atoms with Crippen molar-refractivity contribution in [3.05, 3.63) is 35.4 Å². The number of aliphatic hydroxyl groups excluding tert-OH is 1. The minimum atomic E-state index is -4.29. The number of carbonyl (C=O) groups excluding carboxylic acids is 1. The van der Waals surface area contributed by atoms with Gasteiger partial charge in [-0.2, -0.15) is 8.78 Å². The molecule has 1 rings (SSSR count). The van der Waals surface area contributed by atoms with E-state index in [0.29, 0.717) is 0 Å². The molecule has 7 heteroatoms. The summed E-state index contributed by atoms with van der Waals surface area (Å²) in [4.78, 5) is 11.7. The van der Waals surface area contributed by atoms with Gasteiger partial charge in [0.25, 0.3) is 5.91 Å². The number of hydrogen-bond donors (Lipinski definition) is 2. The highest BCUT2D eigenvalue weighted by Gasteiger charge is 2.40. The zero-order valence-corrected chi connectivity index (χ0v) is 10.2. The molecule has 3 nitrogen and oxygen atoms in total. The Labute approximate surface area is 112 Å². The summed E-state index contributed by atoms with van der Waals surface area (Å²) in [5.74, 6) is -0.452. The standard InChI is InChI=1S/C13H11F4NO2/c14-12(15)13(16,17)8-18-11(20)10-6-2-1-4-9(10)5-3-7-19/h1-2,4,6,12,19H,7-8H2,(H,18,20). The van der Waals surface area contributed by atoms with Gasteiger partial charge in [0.2, 0.25) is 0 Å². The summed E-state index contributed by atoms with van der Waals surface area (Å²) in [6.45, 7) is -1.90. The van der Waals surface area contributed by atoms with Crippen molar-refractivity contribution in [3.8, 4) is 11.8 Å². The average molecular weight is 289 g/mol. The smallest absolute Gasteiger partial charge is 0.324 e. The molecule has 2 N–H and O–H groups in total. The third-order valence-electron chi connectivity index (χ3n) is 2.28. The number of amides is 1. The van der Waals surface area contributed by atoms with Crippen LogP contribution in [0, 0.1) is 11.8 Å². The highest BCUT2D eigenvalue weighted by Crippen LogP contribution is 2.21. The van der Waals surface area contributed by atoms with Gasteiger partial charge in [-0.3, -0.25) is 4.79 Å². The molecule has 0 aliphatic heterocycles. The predicted octanol–water partition coefficient (Wildman–Crippen LogP) is 1.66. The first kappa shape index (κ1) is 16.0. The molecule has 1 aromatic carbocycles. The van der Waals surface area contributed by atoms with Crippen LogP contribution in [-0.4, -0.2) is 36.5 Å². The lowest BCUT2D eigenvalue weighted by Gasteiger charge is -2.16. The molecule has 0 aromatic heterocycles. The van der Waals surface area contributed by atoms with Gasteiger partial charge in [-0.15, -0.1) is 0 Å². The highest BCUT2D eigenvalue weighted by molar-refractivity contribution is 5.96. The predicted molar refractivity (Wildman–Crippen MR) is 63.7 cm³/mol. The fourth-order valence-corrected chi connectivity index (χ4v) is 1.30. The summed E-state index contributed by atoms with van der Waals surface area (Å²) >= 11 is 0. The maximum absolute atomic E-state index is 12.7. The molecule has 0 spiro atoms. The second-order valence-electron chi connectivity index (χ2n) is 3.75. The maximum atomic E-state index is 12.7. The van der Waals surface area contributed by atoms with Crippen molar-refractivity contribution in [1.82, 2.24) is 5.32 Å². The van der Waals surface area contributed by atoms with Crippen LogP contribution in [0.4, 0.5) is 17.6 Å². The third kappa shape index (κ3) is 4.24. The molecule has 0 atom stereocenters. The molecule has 0 saturated carbocycles. The lowest BCUT2D eigenvalue weighted by molar-refractivity contribution is -0.123. The fraction of sp³-hybridized carbons (Fsp3) is 0.308. The quantitative estimate of drug-likeness (QED) is 0.654. The van der Waals surface area contributed by atoms with Gasteiger partial charge < -0.3 is 10.4 Å². The van der Waals surface area contributed by atoms with Crippen LogP contribution in [0.25, 0.3) is 0 Å². The van der Waals surface area contributed by atoms with Crippen LogP contribution in [0.3, 0.4) is 0 Å². The summed E-state index contributed by atoms with van der Waals surface area (Å²) in [6.07, 6.45) is -3.85. The van der Waals surface area contributed by atoms with Crippen LogP contribution in [0.1, 0.15) is 15.9 Å². The molecule has 0 aliphatic carbocycles. The van der Waals surface area contributed by atoms with Gasteiger partial charge in [-0.1, -0.05) is 24.0 Å². The summed E-state index contributed by atoms with van der Waals surface area (Å²) in [7, 11) is 0. The summed E-state index contributed by atoms with van der Waals surface area (Å²) in [6, 6.07) is 5.80. The van der Waals surface area contributed by atoms with E-state index in [0.717, 1.165) is 0 Å². The molecular weight excluding hydrogens is 278 g/mol. The van der Waals surface area contributed by atoms with E-state index in [9.17, 15) is 22.4 Å². The number of carbonyl (C=O) groups is 1. The summed E-state index contributed by atoms with van der Waals surface area (Å²) in [5.41, 5.74) is 0.179. The van der Waals surface area contributed by atoms with Gasteiger partial charge in [0.15, 0.2) is 0 Å². The normalized spacial score (nSPS) is 10.9. The Hall–Kier alpha value is -2.07. The molecule has 0 unspecified atom stereocenters. The van der Waals surface area contributed by atoms with E-state index in [4.69, 9.17) is 5.11 Å². The SMILES string of the molecule is O=C(NCC(F)(F)C(F)F)c1ccccc1C#CCO. The Morgan fingerprint density at radius 1 is 1.35 bits per heavy atom. The number of aliphatic hydroxyl groups is 1. The van der Waals surface area contributed by atoms with Crippen molar-refractivity contribution >= 4 is 5.91 Å². The van der Waals surface area contributed by atoms with Crippen molar-refractivity contribution in [2.45, 2.75) is 12.3 Å². The van der Waals surface area contributed by atoms with Gasteiger partial charge >= 0.3 is 12.3 Å². The number of alkyl halides is 4. The first-order valence-corrected chi connectivity index (χ1v) is 5.51. The second kappa shape index (κ2) is 6.91. The topological polar surface area (TPSA) is 49.3 Å². The largest absolute Gasteiger partial charge is 0.384 e. The van der Waals surface area contributed by atoms with Crippen molar-refractivity contribution < 1.29 is 27.5 Å². The fourth-order valence-electron chi connectivity index (χ4n) is 1.30. The van der Waals surface area contributed by atoms with Crippen LogP contribution in [0.15, 0.2) is 24.3 Å². The molecule has 20 heavy (non-hydrogen) atoms. The Morgan fingerprint density at radius 3 is 2.60 bits per heavy atom. The summed E-state index contributed by atoms with van der Waals surface area (Å²) in [5, 5.41) is 10.3. The van der Waals surface area contributed by atoms with E-state index in [2.05, 4.69) is 11.8 Å². The lowest BCUT2D eigenvalue weighted by Crippen LogP contribution is -2.41. The number of halogens is 4. The monoisotopic (exact) mass is 289 g/mol. The number of benzene rings is 1. The Kier molecular flexibility index (Phi) is 5.53. The zero-order valence-electron chi connectivity index (χ0n) is 10.2. The molecule has 0 fully saturated rings. The molecule has 0 bridgehead atoms. The third-order valence-corrected chi connectivity index (χ3v) is 2.28. The number of rotatable bonds is 4. The van der Waals surface area contributed by atoms with Gasteiger partial charge in [-0.25, -0.2) is 8.78 Å². The highest BCUT2D eigenvalue weighted by atomic mass is 19.3. The first-order chi connectivity index (χ1) is 9.38. The van der Waals surface area contributed by atoms with E-state index in [-0.39, 0.29) is 11.1 Å². The van der Waals surface area contributed by atoms with Crippen LogP contribution in [-0.2, 0) is 0 Å². The Bertz CT molecular complexity index is 535. The molecule has 0 aliphatic rings. The molecular formula is C13H11F4NO2. The van der Waals surface area contributed by atoms with Crippen molar-refractivity contribution in [2.24, 2.45) is 0 Å². The molecule has 0 heterocycles. The van der Waals surface area contributed by atoms with Crippen molar-refractivity contribution in [1.29, 1.82) is 0 Å². The van der Waals surface area contributed by atoms with E-state index >= 15 is 0 Å². The van der Waals surface area contributed by atoms with Crippen molar-refractivity contribution in [2.75, 3.05) is 13.2 Å². The Morgan fingerprint density at radius 2 is 2.00 bits per heavy atom. The van der Waals surface area contributed by atoms with E-state index < -0.39 is 31.4 Å². The van der Waals surface area contributed by atoms with Gasteiger partial charge in [0.05, 0.1) is 12.1 Å². The molecule has 0 radical (unpaired) electrons. The van der Waals surface area contributed by atoms with E-state index in [1.165, 1.54) is 18.2 Å². The molecule has 1 aromatic rings. The van der Waals surface area contributed by atoms with Crippen LogP contribution < -0.4 is 5.32 Å². The van der Waals surface area contributed by atoms with Crippen LogP contribution >= 0.6 is 0 Å².